The van der Waals surface area contributed by atoms with Gasteiger partial charge in [0.2, 0.25) is 0 Å². The van der Waals surface area contributed by atoms with Crippen molar-refractivity contribution in [2.75, 3.05) is 26.7 Å². The molecule has 1 aromatic rings. The first-order valence-corrected chi connectivity index (χ1v) is 7.00. The summed E-state index contributed by atoms with van der Waals surface area (Å²) in [4.78, 5) is 2.32. The van der Waals surface area contributed by atoms with Crippen LogP contribution in [0.1, 0.15) is 31.4 Å². The smallest absolute Gasteiger partial charge is 0.126 e. The van der Waals surface area contributed by atoms with Crippen molar-refractivity contribution >= 4 is 0 Å². The van der Waals surface area contributed by atoms with Crippen molar-refractivity contribution in [3.8, 4) is 0 Å². The molecule has 0 saturated carbocycles. The van der Waals surface area contributed by atoms with Gasteiger partial charge in [0.25, 0.3) is 0 Å². The molecule has 1 aliphatic rings. The van der Waals surface area contributed by atoms with Gasteiger partial charge in [-0.15, -0.1) is 0 Å². The minimum absolute atomic E-state index is 0.108. The molecule has 1 fully saturated rings. The highest BCUT2D eigenvalue weighted by Crippen LogP contribution is 2.36. The van der Waals surface area contributed by atoms with Crippen molar-refractivity contribution in [2.24, 2.45) is 5.92 Å². The molecule has 106 valence electrons. The highest BCUT2D eigenvalue weighted by atomic mass is 19.1. The second-order valence-electron chi connectivity index (χ2n) is 5.24. The van der Waals surface area contributed by atoms with Crippen molar-refractivity contribution in [3.63, 3.8) is 0 Å². The molecule has 0 radical (unpaired) electrons. The summed E-state index contributed by atoms with van der Waals surface area (Å²) in [6, 6.07) is 4.00. The maximum absolute atomic E-state index is 13.5. The molecule has 1 heterocycles. The van der Waals surface area contributed by atoms with Crippen molar-refractivity contribution in [1.29, 1.82) is 0 Å². The van der Waals surface area contributed by atoms with Crippen LogP contribution in [0.2, 0.25) is 0 Å². The van der Waals surface area contributed by atoms with Gasteiger partial charge in [-0.2, -0.15) is 0 Å². The lowest BCUT2D eigenvalue weighted by Gasteiger charge is -2.41. The van der Waals surface area contributed by atoms with Crippen LogP contribution in [-0.4, -0.2) is 31.6 Å². The van der Waals surface area contributed by atoms with E-state index in [-0.39, 0.29) is 6.04 Å². The monoisotopic (exact) mass is 268 g/mol. The standard InChI is InChI=1S/C15H22F2N2/c1-3-19-6-4-5-11(10-18-2)15(19)12-7-13(16)9-14(17)8-12/h7-9,11,15,18H,3-6,10H2,1-2H3. The van der Waals surface area contributed by atoms with Gasteiger partial charge in [-0.25, -0.2) is 8.78 Å². The van der Waals surface area contributed by atoms with Crippen LogP contribution in [0.25, 0.3) is 0 Å². The third kappa shape index (κ3) is 3.31. The van der Waals surface area contributed by atoms with Crippen LogP contribution >= 0.6 is 0 Å². The number of nitrogens with one attached hydrogen (secondary N) is 1. The van der Waals surface area contributed by atoms with Crippen molar-refractivity contribution in [1.82, 2.24) is 10.2 Å². The van der Waals surface area contributed by atoms with Crippen LogP contribution in [0.5, 0.6) is 0 Å². The van der Waals surface area contributed by atoms with Gasteiger partial charge in [0.1, 0.15) is 11.6 Å². The quantitative estimate of drug-likeness (QED) is 0.903. The highest BCUT2D eigenvalue weighted by Gasteiger charge is 2.31. The molecule has 0 bridgehead atoms. The van der Waals surface area contributed by atoms with E-state index in [9.17, 15) is 8.78 Å². The van der Waals surface area contributed by atoms with Gasteiger partial charge in [-0.1, -0.05) is 6.92 Å². The Morgan fingerprint density at radius 3 is 2.53 bits per heavy atom. The van der Waals surface area contributed by atoms with E-state index in [1.807, 2.05) is 7.05 Å². The zero-order valence-electron chi connectivity index (χ0n) is 11.6. The predicted octanol–water partition coefficient (Wildman–Crippen LogP) is 2.96. The third-order valence-corrected chi connectivity index (χ3v) is 3.96. The Labute approximate surface area is 113 Å². The normalized spacial score (nSPS) is 24.6. The topological polar surface area (TPSA) is 15.3 Å². The van der Waals surface area contributed by atoms with Crippen LogP contribution in [-0.2, 0) is 0 Å². The Hall–Kier alpha value is -1.00. The Balaban J connectivity index is 2.33. The summed E-state index contributed by atoms with van der Waals surface area (Å²) in [5.74, 6) is -0.570. The minimum atomic E-state index is -0.486. The molecule has 4 heteroatoms. The van der Waals surface area contributed by atoms with E-state index in [2.05, 4.69) is 17.1 Å². The Kier molecular flexibility index (Phi) is 4.88. The van der Waals surface area contributed by atoms with Crippen LogP contribution in [0.4, 0.5) is 8.78 Å². The molecule has 1 aromatic carbocycles. The molecular formula is C15H22F2N2. The fraction of sp³-hybridized carbons (Fsp3) is 0.600. The average molecular weight is 268 g/mol. The van der Waals surface area contributed by atoms with Crippen molar-refractivity contribution in [2.45, 2.75) is 25.8 Å². The summed E-state index contributed by atoms with van der Waals surface area (Å²) < 4.78 is 26.9. The zero-order valence-corrected chi connectivity index (χ0v) is 11.6. The fourth-order valence-corrected chi connectivity index (χ4v) is 3.21. The number of benzene rings is 1. The van der Waals surface area contributed by atoms with E-state index in [1.165, 1.54) is 12.1 Å². The summed E-state index contributed by atoms with van der Waals surface area (Å²) >= 11 is 0. The molecule has 0 aliphatic carbocycles. The first-order chi connectivity index (χ1) is 9.15. The summed E-state index contributed by atoms with van der Waals surface area (Å²) in [5.41, 5.74) is 0.763. The molecule has 2 unspecified atom stereocenters. The molecule has 0 aromatic heterocycles. The second-order valence-corrected chi connectivity index (χ2v) is 5.24. The van der Waals surface area contributed by atoms with Gasteiger partial charge in [-0.3, -0.25) is 4.90 Å². The largest absolute Gasteiger partial charge is 0.319 e. The van der Waals surface area contributed by atoms with E-state index in [0.717, 1.165) is 44.1 Å². The van der Waals surface area contributed by atoms with E-state index in [1.54, 1.807) is 0 Å². The van der Waals surface area contributed by atoms with Crippen molar-refractivity contribution < 1.29 is 8.78 Å². The predicted molar refractivity (Wildman–Crippen MR) is 73.0 cm³/mol. The lowest BCUT2D eigenvalue weighted by atomic mass is 9.84. The lowest BCUT2D eigenvalue weighted by molar-refractivity contribution is 0.0977. The number of halogens is 2. The Morgan fingerprint density at radius 2 is 1.95 bits per heavy atom. The Morgan fingerprint density at radius 1 is 1.26 bits per heavy atom. The third-order valence-electron chi connectivity index (χ3n) is 3.96. The molecule has 2 rings (SSSR count). The van der Waals surface area contributed by atoms with Gasteiger partial charge in [-0.05, 0) is 63.1 Å². The SMILES string of the molecule is CCN1CCCC(CNC)C1c1cc(F)cc(F)c1. The number of hydrogen-bond acceptors (Lipinski definition) is 2. The van der Waals surface area contributed by atoms with Gasteiger partial charge >= 0.3 is 0 Å². The highest BCUT2D eigenvalue weighted by molar-refractivity contribution is 5.23. The minimum Gasteiger partial charge on any atom is -0.319 e. The molecule has 0 amide bonds. The first-order valence-electron chi connectivity index (χ1n) is 7.00. The van der Waals surface area contributed by atoms with Crippen molar-refractivity contribution in [3.05, 3.63) is 35.4 Å². The molecule has 1 aliphatic heterocycles. The second kappa shape index (κ2) is 6.44. The number of hydrogen-bond donors (Lipinski definition) is 1. The maximum atomic E-state index is 13.5. The van der Waals surface area contributed by atoms with Crippen LogP contribution in [0, 0.1) is 17.6 Å². The summed E-state index contributed by atoms with van der Waals surface area (Å²) in [7, 11) is 1.92. The number of likely N-dealkylation sites (tertiary alicyclic amines) is 1. The number of nitrogens with zero attached hydrogens (tertiary/aromatic N) is 1. The Bertz CT molecular complexity index is 400. The maximum Gasteiger partial charge on any atom is 0.126 e. The first kappa shape index (κ1) is 14.4. The molecule has 2 atom stereocenters. The van der Waals surface area contributed by atoms with Gasteiger partial charge in [0.05, 0.1) is 0 Å². The van der Waals surface area contributed by atoms with Crippen LogP contribution in [0.3, 0.4) is 0 Å². The van der Waals surface area contributed by atoms with E-state index >= 15 is 0 Å². The fourth-order valence-electron chi connectivity index (χ4n) is 3.21. The van der Waals surface area contributed by atoms with E-state index < -0.39 is 11.6 Å². The van der Waals surface area contributed by atoms with Crippen LogP contribution < -0.4 is 5.32 Å². The summed E-state index contributed by atoms with van der Waals surface area (Å²) in [6.45, 7) is 4.88. The molecule has 0 spiro atoms. The molecule has 2 nitrogen and oxygen atoms in total. The van der Waals surface area contributed by atoms with E-state index in [4.69, 9.17) is 0 Å². The summed E-state index contributed by atoms with van der Waals surface area (Å²) in [6.07, 6.45) is 2.24. The van der Waals surface area contributed by atoms with Gasteiger partial charge in [0, 0.05) is 12.1 Å². The van der Waals surface area contributed by atoms with Gasteiger partial charge in [0.15, 0.2) is 0 Å². The molecular weight excluding hydrogens is 246 g/mol. The average Bonchev–Trinajstić information content (AvgIpc) is 2.37. The van der Waals surface area contributed by atoms with Crippen LogP contribution in [0.15, 0.2) is 18.2 Å². The molecule has 1 saturated heterocycles. The van der Waals surface area contributed by atoms with E-state index in [0.29, 0.717) is 5.92 Å². The molecule has 1 N–H and O–H groups in total. The number of rotatable bonds is 4. The molecule has 19 heavy (non-hydrogen) atoms. The zero-order chi connectivity index (χ0) is 13.8. The summed E-state index contributed by atoms with van der Waals surface area (Å²) in [5, 5.41) is 3.20. The van der Waals surface area contributed by atoms with Gasteiger partial charge < -0.3 is 5.32 Å². The number of piperidine rings is 1. The lowest BCUT2D eigenvalue weighted by Crippen LogP contribution is -2.42.